The highest BCUT2D eigenvalue weighted by Crippen LogP contribution is 2.25. The van der Waals surface area contributed by atoms with Crippen molar-refractivity contribution in [3.63, 3.8) is 0 Å². The Morgan fingerprint density at radius 3 is 2.78 bits per heavy atom. The van der Waals surface area contributed by atoms with Gasteiger partial charge in [0.05, 0.1) is 5.92 Å². The van der Waals surface area contributed by atoms with Crippen LogP contribution in [0.1, 0.15) is 32.6 Å². The molecule has 1 aliphatic carbocycles. The average molecular weight is 258 g/mol. The number of carboxylic acid groups (broad SMARTS) is 1. The molecule has 1 aliphatic rings. The molecule has 0 aromatic carbocycles. The van der Waals surface area contributed by atoms with Gasteiger partial charge in [0, 0.05) is 25.8 Å². The number of amides is 2. The van der Waals surface area contributed by atoms with Gasteiger partial charge in [0.15, 0.2) is 0 Å². The standard InChI is InChI=1S/C12H22N2O4/c1-2-18-7-3-6-13-12(17)14-10-5-4-9(8-10)11(15)16/h9-10H,2-8H2,1H3,(H,15,16)(H2,13,14,17). The Bertz CT molecular complexity index is 283. The van der Waals surface area contributed by atoms with Crippen molar-refractivity contribution in [3.05, 3.63) is 0 Å². The molecular formula is C12H22N2O4. The Labute approximate surface area is 107 Å². The molecule has 1 fully saturated rings. The van der Waals surface area contributed by atoms with Crippen molar-refractivity contribution in [3.8, 4) is 0 Å². The first-order valence-electron chi connectivity index (χ1n) is 6.48. The maximum Gasteiger partial charge on any atom is 0.315 e. The van der Waals surface area contributed by atoms with E-state index in [9.17, 15) is 9.59 Å². The Morgan fingerprint density at radius 1 is 1.39 bits per heavy atom. The van der Waals surface area contributed by atoms with Crippen LogP contribution in [-0.4, -0.2) is 42.9 Å². The quantitative estimate of drug-likeness (QED) is 0.594. The normalized spacial score (nSPS) is 22.7. The highest BCUT2D eigenvalue weighted by atomic mass is 16.5. The Hall–Kier alpha value is -1.30. The van der Waals surface area contributed by atoms with Crippen LogP contribution in [0.4, 0.5) is 4.79 Å². The molecule has 0 aromatic heterocycles. The molecule has 2 unspecified atom stereocenters. The molecule has 18 heavy (non-hydrogen) atoms. The molecule has 3 N–H and O–H groups in total. The number of carbonyl (C=O) groups is 2. The molecular weight excluding hydrogens is 236 g/mol. The van der Waals surface area contributed by atoms with E-state index in [4.69, 9.17) is 9.84 Å². The summed E-state index contributed by atoms with van der Waals surface area (Å²) in [7, 11) is 0. The van der Waals surface area contributed by atoms with E-state index in [0.29, 0.717) is 32.6 Å². The molecule has 1 rings (SSSR count). The van der Waals surface area contributed by atoms with Crippen LogP contribution in [0, 0.1) is 5.92 Å². The number of urea groups is 1. The van der Waals surface area contributed by atoms with Crippen LogP contribution in [0.2, 0.25) is 0 Å². The van der Waals surface area contributed by atoms with Crippen molar-refractivity contribution in [1.29, 1.82) is 0 Å². The average Bonchev–Trinajstić information content (AvgIpc) is 2.77. The van der Waals surface area contributed by atoms with E-state index in [2.05, 4.69) is 10.6 Å². The number of ether oxygens (including phenoxy) is 1. The molecule has 0 aliphatic heterocycles. The Morgan fingerprint density at radius 2 is 2.17 bits per heavy atom. The fraction of sp³-hybridized carbons (Fsp3) is 0.833. The van der Waals surface area contributed by atoms with Gasteiger partial charge in [0.2, 0.25) is 0 Å². The summed E-state index contributed by atoms with van der Waals surface area (Å²) in [4.78, 5) is 22.3. The lowest BCUT2D eigenvalue weighted by Gasteiger charge is -2.13. The molecule has 1 saturated carbocycles. The zero-order valence-corrected chi connectivity index (χ0v) is 10.8. The summed E-state index contributed by atoms with van der Waals surface area (Å²) < 4.78 is 5.15. The van der Waals surface area contributed by atoms with Crippen molar-refractivity contribution in [2.45, 2.75) is 38.6 Å². The van der Waals surface area contributed by atoms with Crippen molar-refractivity contribution >= 4 is 12.0 Å². The second kappa shape index (κ2) is 7.92. The van der Waals surface area contributed by atoms with E-state index in [1.165, 1.54) is 0 Å². The largest absolute Gasteiger partial charge is 0.481 e. The molecule has 104 valence electrons. The zero-order valence-electron chi connectivity index (χ0n) is 10.8. The van der Waals surface area contributed by atoms with Crippen molar-refractivity contribution < 1.29 is 19.4 Å². The van der Waals surface area contributed by atoms with Gasteiger partial charge in [-0.2, -0.15) is 0 Å². The molecule has 0 saturated heterocycles. The van der Waals surface area contributed by atoms with E-state index >= 15 is 0 Å². The lowest BCUT2D eigenvalue weighted by atomic mass is 10.1. The van der Waals surface area contributed by atoms with Crippen molar-refractivity contribution in [1.82, 2.24) is 10.6 Å². The Kier molecular flexibility index (Phi) is 6.49. The first-order valence-corrected chi connectivity index (χ1v) is 6.48. The summed E-state index contributed by atoms with van der Waals surface area (Å²) in [6.45, 7) is 3.83. The SMILES string of the molecule is CCOCCCNC(=O)NC1CCC(C(=O)O)C1. The summed E-state index contributed by atoms with van der Waals surface area (Å²) in [5, 5.41) is 14.4. The third-order valence-electron chi connectivity index (χ3n) is 3.07. The highest BCUT2D eigenvalue weighted by molar-refractivity contribution is 5.75. The van der Waals surface area contributed by atoms with Crippen LogP contribution in [0.5, 0.6) is 0 Å². The van der Waals surface area contributed by atoms with Crippen LogP contribution in [0.25, 0.3) is 0 Å². The van der Waals surface area contributed by atoms with Crippen LogP contribution in [-0.2, 0) is 9.53 Å². The van der Waals surface area contributed by atoms with E-state index in [0.717, 1.165) is 12.8 Å². The Balaban J connectivity index is 2.08. The summed E-state index contributed by atoms with van der Waals surface area (Å²) >= 11 is 0. The number of rotatable bonds is 7. The van der Waals surface area contributed by atoms with Crippen molar-refractivity contribution in [2.24, 2.45) is 5.92 Å². The monoisotopic (exact) mass is 258 g/mol. The minimum atomic E-state index is -0.767. The number of carbonyl (C=O) groups excluding carboxylic acids is 1. The lowest BCUT2D eigenvalue weighted by Crippen LogP contribution is -2.41. The number of carboxylic acids is 1. The third-order valence-corrected chi connectivity index (χ3v) is 3.07. The molecule has 2 amide bonds. The predicted octanol–water partition coefficient (Wildman–Crippen LogP) is 0.965. The molecule has 0 radical (unpaired) electrons. The number of hydrogen-bond acceptors (Lipinski definition) is 3. The fourth-order valence-corrected chi connectivity index (χ4v) is 2.09. The van der Waals surface area contributed by atoms with E-state index in [-0.39, 0.29) is 18.0 Å². The first kappa shape index (κ1) is 14.8. The first-order chi connectivity index (χ1) is 8.63. The van der Waals surface area contributed by atoms with Gasteiger partial charge in [0.1, 0.15) is 0 Å². The minimum absolute atomic E-state index is 0.0157. The van der Waals surface area contributed by atoms with Gasteiger partial charge in [-0.15, -0.1) is 0 Å². The van der Waals surface area contributed by atoms with Crippen molar-refractivity contribution in [2.75, 3.05) is 19.8 Å². The van der Waals surface area contributed by atoms with E-state index in [1.54, 1.807) is 0 Å². The smallest absolute Gasteiger partial charge is 0.315 e. The molecule has 6 nitrogen and oxygen atoms in total. The third kappa shape index (κ3) is 5.35. The van der Waals surface area contributed by atoms with Crippen LogP contribution in [0.15, 0.2) is 0 Å². The molecule has 0 heterocycles. The van der Waals surface area contributed by atoms with Gasteiger partial charge >= 0.3 is 12.0 Å². The molecule has 0 bridgehead atoms. The summed E-state index contributed by atoms with van der Waals surface area (Å²) in [5.41, 5.74) is 0. The van der Waals surface area contributed by atoms with Crippen LogP contribution < -0.4 is 10.6 Å². The topological polar surface area (TPSA) is 87.7 Å². The van der Waals surface area contributed by atoms with Gasteiger partial charge in [0.25, 0.3) is 0 Å². The number of hydrogen-bond donors (Lipinski definition) is 3. The van der Waals surface area contributed by atoms with E-state index in [1.807, 2.05) is 6.92 Å². The maximum absolute atomic E-state index is 11.5. The zero-order chi connectivity index (χ0) is 13.4. The number of aliphatic carboxylic acids is 1. The second-order valence-corrected chi connectivity index (χ2v) is 4.50. The summed E-state index contributed by atoms with van der Waals surface area (Å²) in [6.07, 6.45) is 2.69. The molecule has 0 spiro atoms. The van der Waals surface area contributed by atoms with Gasteiger partial charge in [-0.3, -0.25) is 4.79 Å². The number of nitrogens with one attached hydrogen (secondary N) is 2. The fourth-order valence-electron chi connectivity index (χ4n) is 2.09. The predicted molar refractivity (Wildman–Crippen MR) is 66.4 cm³/mol. The van der Waals surface area contributed by atoms with Gasteiger partial charge in [-0.05, 0) is 32.6 Å². The summed E-state index contributed by atoms with van der Waals surface area (Å²) in [6, 6.07) is -0.236. The van der Waals surface area contributed by atoms with Gasteiger partial charge in [-0.1, -0.05) is 0 Å². The molecule has 0 aromatic rings. The van der Waals surface area contributed by atoms with E-state index < -0.39 is 5.97 Å². The second-order valence-electron chi connectivity index (χ2n) is 4.50. The summed E-state index contributed by atoms with van der Waals surface area (Å²) in [5.74, 6) is -1.08. The molecule has 6 heteroatoms. The minimum Gasteiger partial charge on any atom is -0.481 e. The van der Waals surface area contributed by atoms with Gasteiger partial charge in [-0.25, -0.2) is 4.79 Å². The lowest BCUT2D eigenvalue weighted by molar-refractivity contribution is -0.141. The maximum atomic E-state index is 11.5. The molecule has 2 atom stereocenters. The van der Waals surface area contributed by atoms with Crippen LogP contribution >= 0.6 is 0 Å². The van der Waals surface area contributed by atoms with Crippen LogP contribution in [0.3, 0.4) is 0 Å². The van der Waals surface area contributed by atoms with Gasteiger partial charge < -0.3 is 20.5 Å². The highest BCUT2D eigenvalue weighted by Gasteiger charge is 2.30.